The van der Waals surface area contributed by atoms with Crippen LogP contribution in [0.4, 0.5) is 0 Å². The molecular weight excluding hydrogens is 324 g/mol. The van der Waals surface area contributed by atoms with Gasteiger partial charge in [0, 0.05) is 18.1 Å². The summed E-state index contributed by atoms with van der Waals surface area (Å²) in [6.45, 7) is 1.90. The fourth-order valence-electron chi connectivity index (χ4n) is 2.08. The summed E-state index contributed by atoms with van der Waals surface area (Å²) >= 11 is 0. The average Bonchev–Trinajstić information content (AvgIpc) is 3.10. The molecule has 6 nitrogen and oxygen atoms in total. The Morgan fingerprint density at radius 1 is 1.08 bits per heavy atom. The predicted molar refractivity (Wildman–Crippen MR) is 92.7 cm³/mol. The van der Waals surface area contributed by atoms with Crippen LogP contribution in [0.25, 0.3) is 5.69 Å². The molecular formula is C17H16N4O2S. The zero-order valence-electron chi connectivity index (χ0n) is 13.0. The zero-order chi connectivity index (χ0) is 17.0. The Morgan fingerprint density at radius 3 is 2.42 bits per heavy atom. The second-order valence-electron chi connectivity index (χ2n) is 5.23. The fourth-order valence-corrected chi connectivity index (χ4v) is 2.88. The van der Waals surface area contributed by atoms with Crippen LogP contribution in [0.3, 0.4) is 0 Å². The summed E-state index contributed by atoms with van der Waals surface area (Å²) in [6, 6.07) is 14.1. The molecule has 0 aliphatic carbocycles. The first kappa shape index (κ1) is 15.9. The smallest absolute Gasteiger partial charge is 0.276 e. The third-order valence-corrected chi connectivity index (χ3v) is 4.65. The molecule has 0 saturated carbocycles. The van der Waals surface area contributed by atoms with Crippen LogP contribution in [0.5, 0.6) is 0 Å². The van der Waals surface area contributed by atoms with Gasteiger partial charge in [-0.1, -0.05) is 29.8 Å². The molecule has 1 N–H and O–H groups in total. The van der Waals surface area contributed by atoms with Gasteiger partial charge in [0.25, 0.3) is 10.0 Å². The first-order valence-corrected chi connectivity index (χ1v) is 8.73. The second-order valence-corrected chi connectivity index (χ2v) is 6.89. The Labute approximate surface area is 140 Å². The predicted octanol–water partition coefficient (Wildman–Crippen LogP) is 2.49. The maximum Gasteiger partial charge on any atom is 0.276 e. The number of hydrazone groups is 1. The Kier molecular flexibility index (Phi) is 4.43. The molecule has 0 atom stereocenters. The summed E-state index contributed by atoms with van der Waals surface area (Å²) in [5.41, 5.74) is 2.74. The topological polar surface area (TPSA) is 76.3 Å². The van der Waals surface area contributed by atoms with Crippen LogP contribution in [-0.4, -0.2) is 24.2 Å². The van der Waals surface area contributed by atoms with Crippen molar-refractivity contribution in [2.24, 2.45) is 5.10 Å². The Hall–Kier alpha value is -2.93. The number of nitrogens with zero attached hydrogens (tertiary/aromatic N) is 3. The lowest BCUT2D eigenvalue weighted by Gasteiger charge is -2.04. The summed E-state index contributed by atoms with van der Waals surface area (Å²) < 4.78 is 26.1. The van der Waals surface area contributed by atoms with Crippen LogP contribution in [-0.2, 0) is 10.0 Å². The summed E-state index contributed by atoms with van der Waals surface area (Å²) in [6.07, 6.45) is 6.72. The highest BCUT2D eigenvalue weighted by Crippen LogP contribution is 2.10. The van der Waals surface area contributed by atoms with Crippen LogP contribution in [0.15, 0.2) is 77.2 Å². The molecule has 3 rings (SSSR count). The molecule has 2 aromatic carbocycles. The third kappa shape index (κ3) is 3.69. The molecule has 0 radical (unpaired) electrons. The van der Waals surface area contributed by atoms with E-state index in [2.05, 4.69) is 14.9 Å². The molecule has 0 aliphatic heterocycles. The number of hydrogen-bond donors (Lipinski definition) is 1. The SMILES string of the molecule is Cc1ccc(S(=O)(=O)N/N=C/c2ccc(-n3ccnc3)cc2)cc1. The molecule has 0 spiro atoms. The maximum absolute atomic E-state index is 12.1. The monoisotopic (exact) mass is 340 g/mol. The van der Waals surface area contributed by atoms with Gasteiger partial charge in [-0.3, -0.25) is 0 Å². The van der Waals surface area contributed by atoms with Gasteiger partial charge < -0.3 is 4.57 Å². The van der Waals surface area contributed by atoms with Gasteiger partial charge in [0.1, 0.15) is 0 Å². The first-order valence-electron chi connectivity index (χ1n) is 7.24. The number of aryl methyl sites for hydroxylation is 1. The summed E-state index contributed by atoms with van der Waals surface area (Å²) in [4.78, 5) is 6.38. The molecule has 0 aliphatic rings. The van der Waals surface area contributed by atoms with Crippen molar-refractivity contribution < 1.29 is 8.42 Å². The molecule has 24 heavy (non-hydrogen) atoms. The van der Waals surface area contributed by atoms with Crippen molar-refractivity contribution in [3.63, 3.8) is 0 Å². The van der Waals surface area contributed by atoms with Crippen molar-refractivity contribution in [2.75, 3.05) is 0 Å². The van der Waals surface area contributed by atoms with E-state index in [9.17, 15) is 8.42 Å². The van der Waals surface area contributed by atoms with Crippen molar-refractivity contribution in [1.82, 2.24) is 14.4 Å². The molecule has 0 bridgehead atoms. The minimum absolute atomic E-state index is 0.181. The summed E-state index contributed by atoms with van der Waals surface area (Å²) in [7, 11) is -3.65. The zero-order valence-corrected chi connectivity index (χ0v) is 13.8. The average molecular weight is 340 g/mol. The van der Waals surface area contributed by atoms with E-state index in [1.165, 1.54) is 6.21 Å². The lowest BCUT2D eigenvalue weighted by atomic mass is 10.2. The van der Waals surface area contributed by atoms with Crippen molar-refractivity contribution in [2.45, 2.75) is 11.8 Å². The van der Waals surface area contributed by atoms with E-state index in [-0.39, 0.29) is 4.90 Å². The van der Waals surface area contributed by atoms with E-state index in [1.54, 1.807) is 36.8 Å². The molecule has 122 valence electrons. The van der Waals surface area contributed by atoms with E-state index < -0.39 is 10.0 Å². The van der Waals surface area contributed by atoms with Crippen LogP contribution in [0, 0.1) is 6.92 Å². The molecule has 0 unspecified atom stereocenters. The van der Waals surface area contributed by atoms with Crippen molar-refractivity contribution in [3.05, 3.63) is 78.4 Å². The second kappa shape index (κ2) is 6.67. The third-order valence-electron chi connectivity index (χ3n) is 3.41. The number of imidazole rings is 1. The summed E-state index contributed by atoms with van der Waals surface area (Å²) in [5, 5.41) is 3.82. The first-order chi connectivity index (χ1) is 11.5. The molecule has 0 saturated heterocycles. The molecule has 1 aromatic heterocycles. The molecule has 0 amide bonds. The largest absolute Gasteiger partial charge is 0.306 e. The van der Waals surface area contributed by atoms with Crippen LogP contribution >= 0.6 is 0 Å². The summed E-state index contributed by atoms with van der Waals surface area (Å²) in [5.74, 6) is 0. The normalized spacial score (nSPS) is 11.7. The van der Waals surface area contributed by atoms with Gasteiger partial charge in [-0.25, -0.2) is 9.82 Å². The van der Waals surface area contributed by atoms with Crippen molar-refractivity contribution in [3.8, 4) is 5.69 Å². The van der Waals surface area contributed by atoms with Crippen molar-refractivity contribution >= 4 is 16.2 Å². The Morgan fingerprint density at radius 2 is 1.79 bits per heavy atom. The quantitative estimate of drug-likeness (QED) is 0.573. The van der Waals surface area contributed by atoms with Gasteiger partial charge >= 0.3 is 0 Å². The van der Waals surface area contributed by atoms with Gasteiger partial charge in [0.05, 0.1) is 17.4 Å². The van der Waals surface area contributed by atoms with E-state index in [0.29, 0.717) is 0 Å². The van der Waals surface area contributed by atoms with Crippen LogP contribution in [0.1, 0.15) is 11.1 Å². The van der Waals surface area contributed by atoms with Gasteiger partial charge in [-0.05, 0) is 36.8 Å². The maximum atomic E-state index is 12.1. The molecule has 0 fully saturated rings. The van der Waals surface area contributed by atoms with Gasteiger partial charge in [0.2, 0.25) is 0 Å². The van der Waals surface area contributed by atoms with Crippen LogP contribution in [0.2, 0.25) is 0 Å². The van der Waals surface area contributed by atoms with E-state index in [1.807, 2.05) is 42.0 Å². The number of aromatic nitrogens is 2. The van der Waals surface area contributed by atoms with E-state index in [4.69, 9.17) is 0 Å². The number of nitrogens with one attached hydrogen (secondary N) is 1. The highest BCUT2D eigenvalue weighted by Gasteiger charge is 2.11. The number of benzene rings is 2. The molecule has 1 heterocycles. The van der Waals surface area contributed by atoms with Gasteiger partial charge in [-0.2, -0.15) is 13.5 Å². The van der Waals surface area contributed by atoms with E-state index >= 15 is 0 Å². The van der Waals surface area contributed by atoms with E-state index in [0.717, 1.165) is 16.8 Å². The molecule has 3 aromatic rings. The fraction of sp³-hybridized carbons (Fsp3) is 0.0588. The Bertz CT molecular complexity index is 929. The highest BCUT2D eigenvalue weighted by molar-refractivity contribution is 7.89. The molecule has 7 heteroatoms. The lowest BCUT2D eigenvalue weighted by Crippen LogP contribution is -2.18. The standard InChI is InChI=1S/C17H16N4O2S/c1-14-2-8-17(9-3-14)24(22,23)20-19-12-15-4-6-16(7-5-15)21-11-10-18-13-21/h2-13,20H,1H3/b19-12+. The van der Waals surface area contributed by atoms with Crippen LogP contribution < -0.4 is 4.83 Å². The number of sulfonamides is 1. The number of hydrogen-bond acceptors (Lipinski definition) is 4. The highest BCUT2D eigenvalue weighted by atomic mass is 32.2. The van der Waals surface area contributed by atoms with Crippen molar-refractivity contribution in [1.29, 1.82) is 0 Å². The minimum atomic E-state index is -3.65. The van der Waals surface area contributed by atoms with Gasteiger partial charge in [0.15, 0.2) is 0 Å². The lowest BCUT2D eigenvalue weighted by molar-refractivity contribution is 0.584. The van der Waals surface area contributed by atoms with Gasteiger partial charge in [-0.15, -0.1) is 0 Å². The number of rotatable bonds is 5. The Balaban J connectivity index is 1.68. The minimum Gasteiger partial charge on any atom is -0.306 e.